The summed E-state index contributed by atoms with van der Waals surface area (Å²) in [4.78, 5) is 27.7. The summed E-state index contributed by atoms with van der Waals surface area (Å²) in [5.74, 6) is -0.0402. The molecule has 0 atom stereocenters. The smallest absolute Gasteiger partial charge is 0.320 e. The third kappa shape index (κ3) is 4.84. The molecule has 0 bridgehead atoms. The van der Waals surface area contributed by atoms with Gasteiger partial charge in [-0.15, -0.1) is 0 Å². The number of carbonyl (C=O) groups is 2. The minimum atomic E-state index is -0.193. The highest BCUT2D eigenvalue weighted by Gasteiger charge is 2.22. The highest BCUT2D eigenvalue weighted by Crippen LogP contribution is 2.08. The number of nitrogens with zero attached hydrogens (tertiary/aromatic N) is 2. The maximum Gasteiger partial charge on any atom is 0.320 e. The summed E-state index contributed by atoms with van der Waals surface area (Å²) in [5.41, 5.74) is 2.24. The first-order chi connectivity index (χ1) is 10.6. The summed E-state index contributed by atoms with van der Waals surface area (Å²) in [7, 11) is 0. The molecule has 1 saturated heterocycles. The van der Waals surface area contributed by atoms with Crippen molar-refractivity contribution in [2.75, 3.05) is 39.3 Å². The van der Waals surface area contributed by atoms with Gasteiger partial charge in [0.1, 0.15) is 0 Å². The van der Waals surface area contributed by atoms with Crippen molar-refractivity contribution in [2.45, 2.75) is 20.3 Å². The van der Waals surface area contributed by atoms with Gasteiger partial charge in [-0.25, -0.2) is 0 Å². The van der Waals surface area contributed by atoms with Crippen molar-refractivity contribution < 1.29 is 14.3 Å². The number of amides is 1. The molecule has 0 saturated carbocycles. The van der Waals surface area contributed by atoms with Crippen LogP contribution in [0.1, 0.15) is 18.1 Å². The summed E-state index contributed by atoms with van der Waals surface area (Å²) < 4.78 is 4.95. The van der Waals surface area contributed by atoms with Crippen molar-refractivity contribution in [1.29, 1.82) is 0 Å². The van der Waals surface area contributed by atoms with Crippen molar-refractivity contribution in [3.63, 3.8) is 0 Å². The molecule has 1 aromatic carbocycles. The van der Waals surface area contributed by atoms with E-state index in [1.165, 1.54) is 5.56 Å². The van der Waals surface area contributed by atoms with Crippen molar-refractivity contribution in [3.05, 3.63) is 35.4 Å². The summed E-state index contributed by atoms with van der Waals surface area (Å²) in [5, 5.41) is 0. The molecule has 0 radical (unpaired) electrons. The van der Waals surface area contributed by atoms with Gasteiger partial charge >= 0.3 is 5.97 Å². The lowest BCUT2D eigenvalue weighted by molar-refractivity contribution is -0.145. The van der Waals surface area contributed by atoms with Gasteiger partial charge in [0.15, 0.2) is 0 Å². The molecule has 1 heterocycles. The van der Waals surface area contributed by atoms with Crippen LogP contribution in [0.25, 0.3) is 0 Å². The lowest BCUT2D eigenvalue weighted by Crippen LogP contribution is -2.50. The molecule has 0 unspecified atom stereocenters. The second-order valence-electron chi connectivity index (χ2n) is 5.62. The zero-order chi connectivity index (χ0) is 15.9. The number of ether oxygens (including phenoxy) is 1. The van der Waals surface area contributed by atoms with Crippen LogP contribution in [0.4, 0.5) is 0 Å². The van der Waals surface area contributed by atoms with Crippen LogP contribution in [0.2, 0.25) is 0 Å². The van der Waals surface area contributed by atoms with E-state index in [9.17, 15) is 9.59 Å². The number of aryl methyl sites for hydroxylation is 1. The van der Waals surface area contributed by atoms with Crippen LogP contribution < -0.4 is 0 Å². The number of esters is 1. The normalized spacial score (nSPS) is 15.6. The van der Waals surface area contributed by atoms with Crippen molar-refractivity contribution >= 4 is 11.9 Å². The third-order valence-electron chi connectivity index (χ3n) is 3.86. The van der Waals surface area contributed by atoms with E-state index in [0.29, 0.717) is 32.7 Å². The maximum atomic E-state index is 12.3. The van der Waals surface area contributed by atoms with E-state index in [4.69, 9.17) is 4.74 Å². The van der Waals surface area contributed by atoms with Crippen LogP contribution in [0.15, 0.2) is 24.3 Å². The Morgan fingerprint density at radius 1 is 1.09 bits per heavy atom. The lowest BCUT2D eigenvalue weighted by atomic mass is 10.1. The maximum absolute atomic E-state index is 12.3. The van der Waals surface area contributed by atoms with Crippen molar-refractivity contribution in [1.82, 2.24) is 9.80 Å². The molecule has 1 aromatic rings. The Balaban J connectivity index is 1.77. The fourth-order valence-corrected chi connectivity index (χ4v) is 2.54. The molecule has 0 aliphatic carbocycles. The summed E-state index contributed by atoms with van der Waals surface area (Å²) in [6.45, 7) is 7.35. The van der Waals surface area contributed by atoms with Crippen LogP contribution in [0.5, 0.6) is 0 Å². The molecule has 0 spiro atoms. The van der Waals surface area contributed by atoms with E-state index in [2.05, 4.69) is 0 Å². The van der Waals surface area contributed by atoms with Crippen LogP contribution in [0.3, 0.4) is 0 Å². The number of piperazine rings is 1. The standard InChI is InChI=1S/C17H24N2O3/c1-3-22-17(21)13-18-8-10-19(11-9-18)16(20)12-15-6-4-14(2)5-7-15/h4-7H,3,8-13H2,1-2H3. The van der Waals surface area contributed by atoms with Gasteiger partial charge in [-0.05, 0) is 19.4 Å². The van der Waals surface area contributed by atoms with Crippen LogP contribution in [-0.4, -0.2) is 61.0 Å². The van der Waals surface area contributed by atoms with E-state index >= 15 is 0 Å². The number of hydrogen-bond acceptors (Lipinski definition) is 4. The molecular weight excluding hydrogens is 280 g/mol. The van der Waals surface area contributed by atoms with E-state index in [1.54, 1.807) is 6.92 Å². The van der Waals surface area contributed by atoms with Gasteiger partial charge in [0.2, 0.25) is 5.91 Å². The second kappa shape index (κ2) is 7.94. The van der Waals surface area contributed by atoms with E-state index in [-0.39, 0.29) is 11.9 Å². The highest BCUT2D eigenvalue weighted by atomic mass is 16.5. The average molecular weight is 304 g/mol. The SMILES string of the molecule is CCOC(=O)CN1CCN(C(=O)Cc2ccc(C)cc2)CC1. The van der Waals surface area contributed by atoms with Crippen LogP contribution in [0, 0.1) is 6.92 Å². The Hall–Kier alpha value is -1.88. The zero-order valence-corrected chi connectivity index (χ0v) is 13.4. The molecule has 1 aliphatic rings. The minimum Gasteiger partial charge on any atom is -0.465 e. The predicted molar refractivity (Wildman–Crippen MR) is 84.5 cm³/mol. The summed E-state index contributed by atoms with van der Waals surface area (Å²) in [6.07, 6.45) is 0.443. The molecule has 0 aromatic heterocycles. The van der Waals surface area contributed by atoms with Gasteiger partial charge in [-0.1, -0.05) is 29.8 Å². The fourth-order valence-electron chi connectivity index (χ4n) is 2.54. The molecule has 2 rings (SSSR count). The number of rotatable bonds is 5. The Kier molecular flexibility index (Phi) is 5.95. The van der Waals surface area contributed by atoms with Gasteiger partial charge in [-0.2, -0.15) is 0 Å². The van der Waals surface area contributed by atoms with Crippen LogP contribution in [-0.2, 0) is 20.7 Å². The van der Waals surface area contributed by atoms with Crippen molar-refractivity contribution in [3.8, 4) is 0 Å². The molecular formula is C17H24N2O3. The quantitative estimate of drug-likeness (QED) is 0.768. The number of hydrogen-bond donors (Lipinski definition) is 0. The minimum absolute atomic E-state index is 0.152. The first-order valence-corrected chi connectivity index (χ1v) is 7.79. The van der Waals surface area contributed by atoms with Gasteiger partial charge in [0, 0.05) is 26.2 Å². The predicted octanol–water partition coefficient (Wildman–Crippen LogP) is 1.24. The fraction of sp³-hybridized carbons (Fsp3) is 0.529. The molecule has 120 valence electrons. The Labute approximate surface area is 131 Å². The summed E-state index contributed by atoms with van der Waals surface area (Å²) >= 11 is 0. The Morgan fingerprint density at radius 3 is 2.32 bits per heavy atom. The topological polar surface area (TPSA) is 49.9 Å². The van der Waals surface area contributed by atoms with E-state index in [0.717, 1.165) is 18.7 Å². The number of benzene rings is 1. The molecule has 1 aliphatic heterocycles. The van der Waals surface area contributed by atoms with Gasteiger partial charge in [0.05, 0.1) is 19.6 Å². The van der Waals surface area contributed by atoms with E-state index in [1.807, 2.05) is 41.0 Å². The first kappa shape index (κ1) is 16.5. The molecule has 5 nitrogen and oxygen atoms in total. The Bertz CT molecular complexity index is 505. The van der Waals surface area contributed by atoms with E-state index < -0.39 is 0 Å². The first-order valence-electron chi connectivity index (χ1n) is 7.79. The molecule has 1 amide bonds. The second-order valence-corrected chi connectivity index (χ2v) is 5.62. The molecule has 22 heavy (non-hydrogen) atoms. The van der Waals surface area contributed by atoms with Crippen LogP contribution >= 0.6 is 0 Å². The van der Waals surface area contributed by atoms with Gasteiger partial charge in [-0.3, -0.25) is 14.5 Å². The molecule has 1 fully saturated rings. The van der Waals surface area contributed by atoms with Gasteiger partial charge in [0.25, 0.3) is 0 Å². The third-order valence-corrected chi connectivity index (χ3v) is 3.86. The zero-order valence-electron chi connectivity index (χ0n) is 13.4. The monoisotopic (exact) mass is 304 g/mol. The molecule has 0 N–H and O–H groups in total. The Morgan fingerprint density at radius 2 is 1.73 bits per heavy atom. The van der Waals surface area contributed by atoms with Gasteiger partial charge < -0.3 is 9.64 Å². The average Bonchev–Trinajstić information content (AvgIpc) is 2.50. The number of carbonyl (C=O) groups excluding carboxylic acids is 2. The largest absolute Gasteiger partial charge is 0.465 e. The summed E-state index contributed by atoms with van der Waals surface area (Å²) in [6, 6.07) is 8.06. The molecule has 5 heteroatoms. The lowest BCUT2D eigenvalue weighted by Gasteiger charge is -2.34. The highest BCUT2D eigenvalue weighted by molar-refractivity contribution is 5.79. The van der Waals surface area contributed by atoms with Crippen molar-refractivity contribution in [2.24, 2.45) is 0 Å².